The van der Waals surface area contributed by atoms with E-state index in [-0.39, 0.29) is 31.4 Å². The van der Waals surface area contributed by atoms with Gasteiger partial charge in [0.05, 0.1) is 6.61 Å². The van der Waals surface area contributed by atoms with E-state index in [1.807, 2.05) is 12.1 Å². The van der Waals surface area contributed by atoms with E-state index in [0.717, 1.165) is 31.6 Å². The Morgan fingerprint density at radius 1 is 1.00 bits per heavy atom. The summed E-state index contributed by atoms with van der Waals surface area (Å²) in [7, 11) is 0. The molecule has 0 spiro atoms. The minimum absolute atomic E-state index is 0. The fourth-order valence-electron chi connectivity index (χ4n) is 1.43. The first-order chi connectivity index (χ1) is 8.24. The largest absolute Gasteiger partial charge is 0.395 e. The number of aliphatic hydroxyl groups excluding tert-OH is 1. The van der Waals surface area contributed by atoms with Gasteiger partial charge in [-0.2, -0.15) is 0 Å². The normalized spacial score (nSPS) is 9.63. The maximum Gasteiger partial charge on any atom is 0.0555 e. The Morgan fingerprint density at radius 2 is 1.68 bits per heavy atom. The van der Waals surface area contributed by atoms with Crippen molar-refractivity contribution < 1.29 is 5.11 Å². The Bertz CT molecular complexity index is 340. The lowest BCUT2D eigenvalue weighted by Crippen LogP contribution is -2.23. The molecule has 0 amide bonds. The molecule has 19 heavy (non-hydrogen) atoms. The molecule has 1 aromatic rings. The van der Waals surface area contributed by atoms with Crippen LogP contribution in [-0.2, 0) is 6.54 Å². The average Bonchev–Trinajstić information content (AvgIpc) is 2.30. The third kappa shape index (κ3) is 9.74. The van der Waals surface area contributed by atoms with E-state index in [1.165, 1.54) is 0 Å². The summed E-state index contributed by atoms with van der Waals surface area (Å²) < 4.78 is 0. The molecule has 7 heteroatoms. The van der Waals surface area contributed by atoms with Gasteiger partial charge in [-0.25, -0.2) is 0 Å². The number of nitrogens with one attached hydrogen (secondary N) is 2. The lowest BCUT2D eigenvalue weighted by Gasteiger charge is -2.07. The number of rotatable bonds is 8. The molecular weight excluding hydrogens is 330 g/mol. The van der Waals surface area contributed by atoms with Gasteiger partial charge < -0.3 is 15.7 Å². The quantitative estimate of drug-likeness (QED) is 0.632. The molecule has 0 heterocycles. The molecule has 0 saturated heterocycles. The van der Waals surface area contributed by atoms with E-state index in [4.69, 9.17) is 28.3 Å². The van der Waals surface area contributed by atoms with Crippen molar-refractivity contribution >= 4 is 48.0 Å². The summed E-state index contributed by atoms with van der Waals surface area (Å²) in [6.45, 7) is 3.41. The van der Waals surface area contributed by atoms with Crippen LogP contribution in [0, 0.1) is 0 Å². The first-order valence-corrected chi connectivity index (χ1v) is 6.46. The van der Waals surface area contributed by atoms with Gasteiger partial charge in [0.25, 0.3) is 0 Å². The molecule has 3 N–H and O–H groups in total. The molecule has 0 aliphatic rings. The first-order valence-electron chi connectivity index (χ1n) is 5.70. The average molecular weight is 350 g/mol. The lowest BCUT2D eigenvalue weighted by atomic mass is 10.2. The van der Waals surface area contributed by atoms with E-state index < -0.39 is 0 Å². The van der Waals surface area contributed by atoms with Crippen LogP contribution in [0.15, 0.2) is 18.2 Å². The van der Waals surface area contributed by atoms with E-state index in [9.17, 15) is 0 Å². The van der Waals surface area contributed by atoms with Gasteiger partial charge in [0.1, 0.15) is 0 Å². The van der Waals surface area contributed by atoms with Crippen LogP contribution in [0.2, 0.25) is 10.0 Å². The van der Waals surface area contributed by atoms with Gasteiger partial charge in [-0.3, -0.25) is 0 Å². The summed E-state index contributed by atoms with van der Waals surface area (Å²) in [5.41, 5.74) is 1.05. The second kappa shape index (κ2) is 13.3. The number of benzene rings is 1. The molecule has 112 valence electrons. The Morgan fingerprint density at radius 3 is 2.32 bits per heavy atom. The summed E-state index contributed by atoms with van der Waals surface area (Å²) in [6, 6.07) is 5.53. The third-order valence-electron chi connectivity index (χ3n) is 2.33. The molecule has 0 aliphatic heterocycles. The minimum atomic E-state index is 0. The van der Waals surface area contributed by atoms with Crippen molar-refractivity contribution in [3.63, 3.8) is 0 Å². The number of halogens is 4. The zero-order chi connectivity index (χ0) is 12.5. The number of aliphatic hydroxyl groups is 1. The third-order valence-corrected chi connectivity index (χ3v) is 2.91. The summed E-state index contributed by atoms with van der Waals surface area (Å²) in [5.74, 6) is 0. The minimum Gasteiger partial charge on any atom is -0.395 e. The highest BCUT2D eigenvalue weighted by atomic mass is 35.5. The lowest BCUT2D eigenvalue weighted by molar-refractivity contribution is 0.292. The van der Waals surface area contributed by atoms with Gasteiger partial charge in [-0.05, 0) is 37.2 Å². The molecule has 0 unspecified atom stereocenters. The van der Waals surface area contributed by atoms with Crippen molar-refractivity contribution in [1.29, 1.82) is 0 Å². The van der Waals surface area contributed by atoms with E-state index in [2.05, 4.69) is 10.6 Å². The van der Waals surface area contributed by atoms with E-state index in [1.54, 1.807) is 6.07 Å². The van der Waals surface area contributed by atoms with Gasteiger partial charge in [-0.15, -0.1) is 24.8 Å². The van der Waals surface area contributed by atoms with Crippen LogP contribution >= 0.6 is 48.0 Å². The van der Waals surface area contributed by atoms with Gasteiger partial charge in [0.2, 0.25) is 0 Å². The number of hydrogen-bond acceptors (Lipinski definition) is 3. The van der Waals surface area contributed by atoms with Crippen molar-refractivity contribution in [1.82, 2.24) is 10.6 Å². The SMILES string of the molecule is Cl.Cl.OCCNCCCNCc1ccc(Cl)cc1Cl. The zero-order valence-electron chi connectivity index (χ0n) is 10.5. The molecule has 1 aromatic carbocycles. The maximum atomic E-state index is 8.57. The van der Waals surface area contributed by atoms with Crippen molar-refractivity contribution in [3.05, 3.63) is 33.8 Å². The van der Waals surface area contributed by atoms with Crippen molar-refractivity contribution in [2.75, 3.05) is 26.2 Å². The van der Waals surface area contributed by atoms with Crippen LogP contribution in [0.1, 0.15) is 12.0 Å². The molecule has 3 nitrogen and oxygen atoms in total. The molecule has 0 fully saturated rings. The van der Waals surface area contributed by atoms with Crippen LogP contribution in [0.3, 0.4) is 0 Å². The molecule has 1 rings (SSSR count). The summed E-state index contributed by atoms with van der Waals surface area (Å²) in [6.07, 6.45) is 1.02. The monoisotopic (exact) mass is 348 g/mol. The van der Waals surface area contributed by atoms with Crippen LogP contribution in [-0.4, -0.2) is 31.3 Å². The standard InChI is InChI=1S/C12H18Cl2N2O.2ClH/c13-11-3-2-10(12(14)8-11)9-16-5-1-4-15-6-7-17;;/h2-3,8,15-17H,1,4-7,9H2;2*1H. The second-order valence-electron chi connectivity index (χ2n) is 3.74. The number of hydrogen-bond donors (Lipinski definition) is 3. The molecule has 0 atom stereocenters. The van der Waals surface area contributed by atoms with Crippen molar-refractivity contribution in [2.24, 2.45) is 0 Å². The smallest absolute Gasteiger partial charge is 0.0555 e. The molecular formula is C12H20Cl4N2O. The highest BCUT2D eigenvalue weighted by molar-refractivity contribution is 6.35. The second-order valence-corrected chi connectivity index (χ2v) is 4.58. The Balaban J connectivity index is 0. The summed E-state index contributed by atoms with van der Waals surface area (Å²) in [5, 5.41) is 16.4. The fourth-order valence-corrected chi connectivity index (χ4v) is 1.91. The van der Waals surface area contributed by atoms with Crippen molar-refractivity contribution in [2.45, 2.75) is 13.0 Å². The Kier molecular flexibility index (Phi) is 15.0. The van der Waals surface area contributed by atoms with Gasteiger partial charge in [0, 0.05) is 23.1 Å². The molecule has 0 saturated carbocycles. The fraction of sp³-hybridized carbons (Fsp3) is 0.500. The van der Waals surface area contributed by atoms with Crippen LogP contribution in [0.5, 0.6) is 0 Å². The predicted molar refractivity (Wildman–Crippen MR) is 87.2 cm³/mol. The van der Waals surface area contributed by atoms with E-state index in [0.29, 0.717) is 16.6 Å². The van der Waals surface area contributed by atoms with Crippen LogP contribution in [0.25, 0.3) is 0 Å². The van der Waals surface area contributed by atoms with Gasteiger partial charge in [0.15, 0.2) is 0 Å². The Labute approximate surface area is 136 Å². The van der Waals surface area contributed by atoms with Crippen LogP contribution in [0.4, 0.5) is 0 Å². The highest BCUT2D eigenvalue weighted by Crippen LogP contribution is 2.20. The van der Waals surface area contributed by atoms with Crippen LogP contribution < -0.4 is 10.6 Å². The zero-order valence-corrected chi connectivity index (χ0v) is 13.6. The van der Waals surface area contributed by atoms with E-state index >= 15 is 0 Å². The topological polar surface area (TPSA) is 44.3 Å². The Hall–Kier alpha value is 0.260. The first kappa shape index (κ1) is 21.6. The van der Waals surface area contributed by atoms with Crippen molar-refractivity contribution in [3.8, 4) is 0 Å². The molecule has 0 aliphatic carbocycles. The highest BCUT2D eigenvalue weighted by Gasteiger charge is 2.00. The predicted octanol–water partition coefficient (Wildman–Crippen LogP) is 2.90. The summed E-state index contributed by atoms with van der Waals surface area (Å²) in [4.78, 5) is 0. The maximum absolute atomic E-state index is 8.57. The van der Waals surface area contributed by atoms with Gasteiger partial charge >= 0.3 is 0 Å². The molecule has 0 aromatic heterocycles. The van der Waals surface area contributed by atoms with Gasteiger partial charge in [-0.1, -0.05) is 29.3 Å². The molecule has 0 bridgehead atoms. The molecule has 0 radical (unpaired) electrons. The summed E-state index contributed by atoms with van der Waals surface area (Å²) >= 11 is 11.9.